The number of phenols is 1. The van der Waals surface area contributed by atoms with Crippen molar-refractivity contribution in [3.05, 3.63) is 301 Å². The van der Waals surface area contributed by atoms with Gasteiger partial charge in [0.15, 0.2) is 9.84 Å². The Bertz CT molecular complexity index is 5570. The average molecular weight is 1650 g/mol. The maximum Gasteiger partial charge on any atom is 0.272 e. The number of hydrogen-bond donors (Lipinski definition) is 6. The van der Waals surface area contributed by atoms with E-state index in [1.165, 1.54) is 41.4 Å². The number of morpholine rings is 1. The van der Waals surface area contributed by atoms with Crippen LogP contribution in [0.4, 0.5) is 28.6 Å². The molecule has 8 heterocycles. The number of benzene rings is 5. The zero-order valence-electron chi connectivity index (χ0n) is 62.2. The molecule has 0 aliphatic carbocycles. The highest BCUT2D eigenvalue weighted by atomic mass is 35.5. The normalized spacial score (nSPS) is 11.6. The van der Waals surface area contributed by atoms with Crippen molar-refractivity contribution >= 4 is 132 Å². The summed E-state index contributed by atoms with van der Waals surface area (Å²) in [6.45, 7) is 9.05. The third-order valence-corrected chi connectivity index (χ3v) is 19.2. The van der Waals surface area contributed by atoms with Crippen LogP contribution < -0.4 is 26.6 Å². The van der Waals surface area contributed by atoms with Gasteiger partial charge in [-0.15, -0.1) is 0 Å². The molecule has 6 N–H and O–H groups in total. The SMILES string of the molecule is CN(C)C(=O)c1ccc(C(=O)Nc2ccc(Cl)c(-c3ccccn3)c2)c(Cl)n1.CS(=O)(=O)Cc1ccc(C(=O)Nc2ccc(Cl)c(-c3ccccn3)c2)cc1O.Cc1nc(NCC(C)C)ccc1C(=O)Nc1ccc(Cl)c(-c2ccccn2)c1.O=C(Nc1ccc(Cl)c(-c2ccccn2)c1)c1ccc(C(=O)N2CCOCC2)nc1. The maximum absolute atomic E-state index is 12.7. The van der Waals surface area contributed by atoms with Gasteiger partial charge in [0.05, 0.1) is 84.2 Å². The van der Waals surface area contributed by atoms with E-state index in [1.807, 2.05) is 85.8 Å². The van der Waals surface area contributed by atoms with Crippen LogP contribution in [0, 0.1) is 12.8 Å². The van der Waals surface area contributed by atoms with Crippen molar-refractivity contribution < 1.29 is 47.0 Å². The van der Waals surface area contributed by atoms with Crippen LogP contribution in [0.5, 0.6) is 5.75 Å². The van der Waals surface area contributed by atoms with Crippen LogP contribution in [0.25, 0.3) is 45.0 Å². The lowest BCUT2D eigenvalue weighted by molar-refractivity contribution is 0.0299. The molecule has 24 nitrogen and oxygen atoms in total. The number of rotatable bonds is 19. The predicted octanol–water partition coefficient (Wildman–Crippen LogP) is 17.3. The Labute approximate surface area is 683 Å². The van der Waals surface area contributed by atoms with Gasteiger partial charge in [0, 0.05) is 127 Å². The van der Waals surface area contributed by atoms with Gasteiger partial charge in [0.1, 0.15) is 28.1 Å². The number of carbonyl (C=O) groups excluding carboxylic acids is 6. The van der Waals surface area contributed by atoms with Crippen LogP contribution in [0.3, 0.4) is 0 Å². The van der Waals surface area contributed by atoms with Gasteiger partial charge < -0.3 is 46.2 Å². The van der Waals surface area contributed by atoms with Crippen LogP contribution in [-0.4, -0.2) is 147 Å². The summed E-state index contributed by atoms with van der Waals surface area (Å²) in [5, 5.41) is 26.6. The molecule has 1 aliphatic heterocycles. The number of carbonyl (C=O) groups is 6. The van der Waals surface area contributed by atoms with Crippen LogP contribution in [0.2, 0.25) is 25.2 Å². The lowest BCUT2D eigenvalue weighted by Gasteiger charge is -2.26. The van der Waals surface area contributed by atoms with Gasteiger partial charge in [-0.25, -0.2) is 18.4 Å². The summed E-state index contributed by atoms with van der Waals surface area (Å²) in [5.41, 5.74) is 10.6. The number of aromatic hydroxyl groups is 1. The zero-order valence-corrected chi connectivity index (χ0v) is 66.8. The van der Waals surface area contributed by atoms with Crippen LogP contribution >= 0.6 is 58.0 Å². The molecule has 1 fully saturated rings. The molecular weight excluding hydrogens is 1570 g/mol. The number of nitrogens with one attached hydrogen (secondary N) is 5. The van der Waals surface area contributed by atoms with Gasteiger partial charge in [0.25, 0.3) is 35.4 Å². The molecule has 7 aromatic heterocycles. The molecule has 114 heavy (non-hydrogen) atoms. The number of halogens is 5. The van der Waals surface area contributed by atoms with Crippen molar-refractivity contribution in [1.29, 1.82) is 0 Å². The fourth-order valence-corrected chi connectivity index (χ4v) is 12.8. The van der Waals surface area contributed by atoms with E-state index in [9.17, 15) is 42.3 Å². The highest BCUT2D eigenvalue weighted by Gasteiger charge is 2.23. The number of amides is 6. The first-order valence-electron chi connectivity index (χ1n) is 35.2. The van der Waals surface area contributed by atoms with Crippen molar-refractivity contribution in [2.24, 2.45) is 5.92 Å². The molecule has 6 amide bonds. The van der Waals surface area contributed by atoms with Gasteiger partial charge in [-0.1, -0.05) is 102 Å². The number of sulfone groups is 1. The highest BCUT2D eigenvalue weighted by Crippen LogP contribution is 2.35. The third kappa shape index (κ3) is 23.7. The topological polar surface area (TPSA) is 323 Å². The van der Waals surface area contributed by atoms with Gasteiger partial charge in [-0.05, 0) is 183 Å². The second-order valence-corrected chi connectivity index (χ2v) is 30.2. The summed E-state index contributed by atoms with van der Waals surface area (Å²) in [6, 6.07) is 56.6. The monoisotopic (exact) mass is 1650 g/mol. The Morgan fingerprint density at radius 2 is 0.921 bits per heavy atom. The number of aromatic nitrogens is 7. The average Bonchev–Trinajstić information content (AvgIpc) is 0.839. The highest BCUT2D eigenvalue weighted by molar-refractivity contribution is 7.89. The minimum Gasteiger partial charge on any atom is -0.508 e. The molecule has 1 saturated heterocycles. The third-order valence-electron chi connectivity index (χ3n) is 16.7. The fourth-order valence-electron chi connectivity index (χ4n) is 10.9. The van der Waals surface area contributed by atoms with Crippen molar-refractivity contribution in [3.8, 4) is 50.8 Å². The molecule has 0 spiro atoms. The Morgan fingerprint density at radius 1 is 0.500 bits per heavy atom. The van der Waals surface area contributed by atoms with E-state index in [-0.39, 0.29) is 62.7 Å². The van der Waals surface area contributed by atoms with Crippen molar-refractivity contribution in [3.63, 3.8) is 0 Å². The molecule has 5 aromatic carbocycles. The summed E-state index contributed by atoms with van der Waals surface area (Å²) in [7, 11) is -0.0768. The second-order valence-electron chi connectivity index (χ2n) is 26.0. The first kappa shape index (κ1) is 84.4. The number of anilines is 5. The van der Waals surface area contributed by atoms with Gasteiger partial charge in [-0.2, -0.15) is 0 Å². The van der Waals surface area contributed by atoms with E-state index in [0.29, 0.717) is 126 Å². The van der Waals surface area contributed by atoms with E-state index in [0.717, 1.165) is 35.4 Å². The smallest absolute Gasteiger partial charge is 0.272 e. The number of ether oxygens (including phenoxy) is 1. The van der Waals surface area contributed by atoms with E-state index in [1.54, 1.807) is 135 Å². The Balaban J connectivity index is 0.000000161. The molecule has 1 aliphatic rings. The number of nitrogens with zero attached hydrogens (tertiary/aromatic N) is 9. The first-order valence-corrected chi connectivity index (χ1v) is 39.1. The molecule has 0 radical (unpaired) electrons. The standard InChI is InChI=1S/C22H19ClN4O3.C22H23ClN4O.C20H16Cl2N4O2.C20H17ClN2O4S/c23-18-6-5-16(13-17(18)19-3-1-2-8-24-19)26-21(28)15-4-7-20(25-14-15)22(29)27-9-11-30-12-10-27;1-14(2)13-25-21-10-8-17(15(3)26-21)22(28)27-16-7-9-19(23)18(12-16)20-6-4-5-11-24-20;1-26(2)20(28)17-9-7-13(18(22)25-17)19(27)24-12-6-8-15(21)14(11-12)16-5-3-4-10-23-16;1-28(26,27)12-14-6-5-13(10-19(14)24)20(25)23-15-7-8-17(21)16(11-15)18-4-2-3-9-22-18/h1-8,13-14H,9-12H2,(H,26,28);4-12,14H,13H2,1-3H3,(H,25,26)(H,27,28);3-11H,1-2H3,(H,24,27);2-11,24H,12H2,1H3,(H,23,25). The maximum atomic E-state index is 12.7. The molecule has 30 heteroatoms. The largest absolute Gasteiger partial charge is 0.508 e. The molecule has 0 unspecified atom stereocenters. The molecular formula is C84H75Cl5N14O10S. The number of hydrogen-bond acceptors (Lipinski definition) is 18. The fraction of sp³-hybridized carbons (Fsp3) is 0.155. The predicted molar refractivity (Wildman–Crippen MR) is 448 cm³/mol. The van der Waals surface area contributed by atoms with Crippen molar-refractivity contribution in [2.75, 3.05) is 79.8 Å². The minimum atomic E-state index is -3.30. The second kappa shape index (κ2) is 39.9. The Morgan fingerprint density at radius 3 is 1.31 bits per heavy atom. The van der Waals surface area contributed by atoms with E-state index < -0.39 is 21.7 Å². The van der Waals surface area contributed by atoms with Gasteiger partial charge in [0.2, 0.25) is 0 Å². The number of pyridine rings is 7. The van der Waals surface area contributed by atoms with Gasteiger partial charge in [-0.3, -0.25) is 53.7 Å². The molecule has 0 saturated carbocycles. The van der Waals surface area contributed by atoms with Crippen LogP contribution in [0.1, 0.15) is 87.5 Å². The van der Waals surface area contributed by atoms with E-state index in [4.69, 9.17) is 62.7 Å². The summed E-state index contributed by atoms with van der Waals surface area (Å²) in [5.74, 6) is -1.17. The van der Waals surface area contributed by atoms with Crippen LogP contribution in [0.15, 0.2) is 231 Å². The summed E-state index contributed by atoms with van der Waals surface area (Å²) in [4.78, 5) is 108. The number of aryl methyl sites for hydroxylation is 1. The molecule has 0 atom stereocenters. The Hall–Kier alpha value is -12.1. The van der Waals surface area contributed by atoms with Gasteiger partial charge >= 0.3 is 0 Å². The lowest BCUT2D eigenvalue weighted by Crippen LogP contribution is -2.41. The van der Waals surface area contributed by atoms with Crippen LogP contribution in [-0.2, 0) is 20.3 Å². The lowest BCUT2D eigenvalue weighted by atomic mass is 10.1. The quantitative estimate of drug-likeness (QED) is 0.0410. The molecule has 0 bridgehead atoms. The summed E-state index contributed by atoms with van der Waals surface area (Å²) in [6.07, 6.45) is 9.19. The summed E-state index contributed by atoms with van der Waals surface area (Å²) < 4.78 is 28.0. The zero-order chi connectivity index (χ0) is 81.6. The molecule has 13 rings (SSSR count). The molecule has 12 aromatic rings. The van der Waals surface area contributed by atoms with Crippen molar-refractivity contribution in [2.45, 2.75) is 26.5 Å². The molecule has 582 valence electrons. The van der Waals surface area contributed by atoms with Crippen molar-refractivity contribution in [1.82, 2.24) is 44.7 Å². The summed E-state index contributed by atoms with van der Waals surface area (Å²) >= 11 is 31.2. The number of phenolic OH excluding ortho intramolecular Hbond substituents is 1. The Kier molecular flexibility index (Phi) is 29.5. The van der Waals surface area contributed by atoms with E-state index >= 15 is 0 Å². The van der Waals surface area contributed by atoms with E-state index in [2.05, 4.69) is 75.3 Å². The first-order chi connectivity index (χ1) is 54.6. The minimum absolute atomic E-state index is 0.0517.